The molecule has 0 aliphatic rings. The van der Waals surface area contributed by atoms with E-state index in [0.29, 0.717) is 0 Å². The first kappa shape index (κ1) is 27.0. The zero-order valence-corrected chi connectivity index (χ0v) is 13.5. The average Bonchev–Trinajstić information content (AvgIpc) is 2.32. The second-order valence-electron chi connectivity index (χ2n) is 3.62. The van der Waals surface area contributed by atoms with Crippen LogP contribution in [0.25, 0.3) is 0 Å². The minimum atomic E-state index is -0.836. The van der Waals surface area contributed by atoms with Crippen molar-refractivity contribution in [1.29, 1.82) is 0 Å². The first-order valence-corrected chi connectivity index (χ1v) is 6.52. The molecule has 0 aromatic rings. The van der Waals surface area contributed by atoms with E-state index in [1.807, 2.05) is 39.8 Å². The number of hydrogen-bond acceptors (Lipinski definition) is 5. The first-order valence-electron chi connectivity index (χ1n) is 6.52. The van der Waals surface area contributed by atoms with Gasteiger partial charge in [0.1, 0.15) is 6.29 Å². The molecule has 5 N–H and O–H groups in total. The SMILES string of the molecule is CN(C)C(C=O)C[13CH3].C[13C](N)=O.[13CH3][13CH3].[15NH2]CCC(=O)O. The van der Waals surface area contributed by atoms with Crippen LogP contribution in [0.3, 0.4) is 0 Å². The number of hydrogen-bond donors (Lipinski definition) is 3. The van der Waals surface area contributed by atoms with Crippen LogP contribution in [0.4, 0.5) is 0 Å². The Morgan fingerprint density at radius 2 is 1.65 bits per heavy atom. The second-order valence-corrected chi connectivity index (χ2v) is 3.62. The summed E-state index contributed by atoms with van der Waals surface area (Å²) in [6.45, 7) is 7.54. The monoisotopic (exact) mass is 298 g/mol. The molecule has 7 nitrogen and oxygen atoms in total. The number of aldehydes is 1. The summed E-state index contributed by atoms with van der Waals surface area (Å²) in [6, 6.07) is 0.106. The van der Waals surface area contributed by atoms with Crippen LogP contribution in [0.5, 0.6) is 0 Å². The summed E-state index contributed by atoms with van der Waals surface area (Å²) in [6.07, 6.45) is 1.94. The van der Waals surface area contributed by atoms with Crippen molar-refractivity contribution in [3.63, 3.8) is 0 Å². The number of nitrogens with two attached hydrogens (primary N) is 2. The summed E-state index contributed by atoms with van der Waals surface area (Å²) >= 11 is 0. The fourth-order valence-corrected chi connectivity index (χ4v) is 0.707. The fourth-order valence-electron chi connectivity index (χ4n) is 0.707. The molecule has 0 aliphatic carbocycles. The van der Waals surface area contributed by atoms with Crippen LogP contribution in [-0.2, 0) is 14.4 Å². The standard InChI is InChI=1S/C6H13NO.C3H7NO2.C2H5NO.C2H6/c1-4-6(5-8)7(2)3;4-2-1-3(5)6;1-2(3)4;1-2/h5-6H,4H2,1-3H3;1-2,4H2,(H,5,6);1H3,(H2,3,4);1-2H3/i1+1;4+1;2+1;1+1,2+1. The predicted molar refractivity (Wildman–Crippen MR) is 81.4 cm³/mol. The molecule has 122 valence electrons. The van der Waals surface area contributed by atoms with Gasteiger partial charge in [-0.1, -0.05) is 20.8 Å². The number of nitrogens with zero attached hydrogens (tertiary/aromatic N) is 1. The van der Waals surface area contributed by atoms with E-state index in [2.05, 4.69) is 5.73 Å². The summed E-state index contributed by atoms with van der Waals surface area (Å²) in [4.78, 5) is 30.8. The minimum absolute atomic E-state index is 0.0694. The van der Waals surface area contributed by atoms with E-state index in [0.717, 1.165) is 12.7 Å². The van der Waals surface area contributed by atoms with Crippen LogP contribution in [0.1, 0.15) is 40.5 Å². The van der Waals surface area contributed by atoms with Crippen molar-refractivity contribution in [1.82, 2.24) is 4.90 Å². The molecule has 20 heavy (non-hydrogen) atoms. The number of carboxylic acid groups (broad SMARTS) is 1. The van der Waals surface area contributed by atoms with Gasteiger partial charge in [0.05, 0.1) is 12.5 Å². The highest BCUT2D eigenvalue weighted by atomic mass is 16.4. The number of carboxylic acids is 1. The number of primary amides is 1. The van der Waals surface area contributed by atoms with Gasteiger partial charge in [0.15, 0.2) is 0 Å². The van der Waals surface area contributed by atoms with Crippen LogP contribution in [0.15, 0.2) is 0 Å². The Morgan fingerprint density at radius 1 is 1.30 bits per heavy atom. The Morgan fingerprint density at radius 3 is 1.65 bits per heavy atom. The quantitative estimate of drug-likeness (QED) is 0.384. The summed E-state index contributed by atoms with van der Waals surface area (Å²) < 4.78 is 0. The molecule has 0 saturated heterocycles. The van der Waals surface area contributed by atoms with Crippen molar-refractivity contribution in [2.75, 3.05) is 20.6 Å². The van der Waals surface area contributed by atoms with Crippen LogP contribution in [-0.4, -0.2) is 54.9 Å². The Bertz CT molecular complexity index is 230. The van der Waals surface area contributed by atoms with Gasteiger partial charge in [0.2, 0.25) is 5.91 Å². The first-order chi connectivity index (χ1) is 9.22. The summed E-state index contributed by atoms with van der Waals surface area (Å²) in [5.41, 5.74) is 9.32. The number of likely N-dealkylation sites (N-methyl/N-ethyl adjacent to an activating group) is 1. The fraction of sp³-hybridized carbons (Fsp3) is 0.769. The molecule has 0 aliphatic heterocycles. The molecule has 1 atom stereocenters. The maximum atomic E-state index is 10.1. The van der Waals surface area contributed by atoms with Crippen LogP contribution in [0, 0.1) is 0 Å². The highest BCUT2D eigenvalue weighted by Gasteiger charge is 2.03. The molecule has 0 aromatic heterocycles. The van der Waals surface area contributed by atoms with Crippen molar-refractivity contribution in [2.24, 2.45) is 11.5 Å². The van der Waals surface area contributed by atoms with Gasteiger partial charge in [-0.25, -0.2) is 0 Å². The summed E-state index contributed by atoms with van der Waals surface area (Å²) in [7, 11) is 3.81. The number of rotatable bonds is 5. The third-order valence-electron chi connectivity index (χ3n) is 1.60. The summed E-state index contributed by atoms with van der Waals surface area (Å²) in [5, 5.41) is 7.83. The molecule has 0 bridgehead atoms. The highest BCUT2D eigenvalue weighted by Crippen LogP contribution is 1.92. The smallest absolute Gasteiger partial charge is 0.304 e. The van der Waals surface area contributed by atoms with E-state index < -0.39 is 5.97 Å². The maximum absolute atomic E-state index is 10.1. The van der Waals surface area contributed by atoms with Crippen LogP contribution < -0.4 is 11.5 Å². The van der Waals surface area contributed by atoms with Crippen molar-refractivity contribution >= 4 is 18.2 Å². The minimum Gasteiger partial charge on any atom is -0.481 e. The molecule has 1 unspecified atom stereocenters. The van der Waals surface area contributed by atoms with E-state index >= 15 is 0 Å². The van der Waals surface area contributed by atoms with Crippen molar-refractivity contribution < 1.29 is 19.5 Å². The normalized spacial score (nSPS) is 9.60. The molecular formula is C13H31N3O4. The van der Waals surface area contributed by atoms with Gasteiger partial charge in [-0.05, 0) is 20.5 Å². The molecular weight excluding hydrogens is 267 g/mol. The van der Waals surface area contributed by atoms with E-state index in [9.17, 15) is 14.4 Å². The van der Waals surface area contributed by atoms with E-state index in [4.69, 9.17) is 10.8 Å². The predicted octanol–water partition coefficient (Wildman–Crippen LogP) is 0.463. The van der Waals surface area contributed by atoms with Gasteiger partial charge < -0.3 is 26.3 Å². The lowest BCUT2D eigenvalue weighted by Crippen LogP contribution is -2.28. The van der Waals surface area contributed by atoms with Crippen molar-refractivity contribution in [3.8, 4) is 0 Å². The Kier molecular flexibility index (Phi) is 30.6. The summed E-state index contributed by atoms with van der Waals surface area (Å²) in [5.74, 6) is -1.17. The zero-order chi connectivity index (χ0) is 17.1. The topological polar surface area (TPSA) is 127 Å². The molecule has 0 radical (unpaired) electrons. The van der Waals surface area contributed by atoms with E-state index in [1.165, 1.54) is 6.92 Å². The van der Waals surface area contributed by atoms with Gasteiger partial charge in [0, 0.05) is 13.5 Å². The van der Waals surface area contributed by atoms with Crippen LogP contribution >= 0.6 is 0 Å². The number of carbonyl (C=O) groups is 3. The Labute approximate surface area is 122 Å². The van der Waals surface area contributed by atoms with Crippen molar-refractivity contribution in [3.05, 3.63) is 0 Å². The molecule has 0 rings (SSSR count). The number of carbonyl (C=O) groups excluding carboxylic acids is 2. The lowest BCUT2D eigenvalue weighted by Gasteiger charge is -2.14. The molecule has 0 spiro atoms. The molecule has 0 saturated carbocycles. The van der Waals surface area contributed by atoms with E-state index in [1.54, 1.807) is 0 Å². The molecule has 0 heterocycles. The third kappa shape index (κ3) is 43.9. The van der Waals surface area contributed by atoms with Gasteiger partial charge in [-0.2, -0.15) is 0 Å². The van der Waals surface area contributed by atoms with Crippen LogP contribution in [0.2, 0.25) is 0 Å². The molecule has 0 aromatic carbocycles. The molecule has 1 amide bonds. The number of amides is 1. The number of aliphatic carboxylic acids is 1. The van der Waals surface area contributed by atoms with Gasteiger partial charge in [-0.15, -0.1) is 0 Å². The third-order valence-corrected chi connectivity index (χ3v) is 1.60. The van der Waals surface area contributed by atoms with E-state index in [-0.39, 0.29) is 24.9 Å². The maximum Gasteiger partial charge on any atom is 0.304 e. The average molecular weight is 298 g/mol. The Balaban J connectivity index is -0.0000000947. The molecule has 7 heteroatoms. The Hall–Kier alpha value is -1.47. The van der Waals surface area contributed by atoms with Gasteiger partial charge in [-0.3, -0.25) is 9.59 Å². The molecule has 0 fully saturated rings. The lowest BCUT2D eigenvalue weighted by atomic mass is 10.3. The van der Waals surface area contributed by atoms with Gasteiger partial charge >= 0.3 is 5.97 Å². The lowest BCUT2D eigenvalue weighted by molar-refractivity contribution is -0.136. The largest absolute Gasteiger partial charge is 0.481 e. The van der Waals surface area contributed by atoms with Gasteiger partial charge in [0.25, 0.3) is 0 Å². The zero-order valence-electron chi connectivity index (χ0n) is 13.5. The second kappa shape index (κ2) is 22.7. The highest BCUT2D eigenvalue weighted by molar-refractivity contribution is 5.70. The van der Waals surface area contributed by atoms with Crippen molar-refractivity contribution in [2.45, 2.75) is 46.6 Å².